The van der Waals surface area contributed by atoms with Gasteiger partial charge >= 0.3 is 0 Å². The van der Waals surface area contributed by atoms with Crippen molar-refractivity contribution in [3.8, 4) is 0 Å². The molecule has 20 heavy (non-hydrogen) atoms. The summed E-state index contributed by atoms with van der Waals surface area (Å²) in [5.41, 5.74) is 6.20. The summed E-state index contributed by atoms with van der Waals surface area (Å²) in [7, 11) is 0. The van der Waals surface area contributed by atoms with Crippen molar-refractivity contribution >= 4 is 18.3 Å². The minimum Gasteiger partial charge on any atom is -0.349 e. The molecular weight excluding hydrogens is 272 g/mol. The van der Waals surface area contributed by atoms with Crippen LogP contribution in [0, 0.1) is 23.7 Å². The molecule has 2 atom stereocenters. The van der Waals surface area contributed by atoms with Gasteiger partial charge in [-0.1, -0.05) is 20.3 Å². The first-order valence-electron chi connectivity index (χ1n) is 8.09. The van der Waals surface area contributed by atoms with E-state index in [0.717, 1.165) is 24.2 Å². The average molecular weight is 301 g/mol. The van der Waals surface area contributed by atoms with E-state index in [1.165, 1.54) is 38.5 Å². The monoisotopic (exact) mass is 300 g/mol. The van der Waals surface area contributed by atoms with Crippen LogP contribution in [0.5, 0.6) is 0 Å². The van der Waals surface area contributed by atoms with Gasteiger partial charge in [-0.05, 0) is 62.2 Å². The first-order chi connectivity index (χ1) is 9.01. The molecule has 0 aromatic carbocycles. The van der Waals surface area contributed by atoms with E-state index in [4.69, 9.17) is 5.73 Å². The van der Waals surface area contributed by atoms with Gasteiger partial charge in [-0.15, -0.1) is 12.4 Å². The number of hydrogen-bond donors (Lipinski definition) is 2. The summed E-state index contributed by atoms with van der Waals surface area (Å²) in [6, 6.07) is -0.335. The molecule has 0 radical (unpaired) electrons. The maximum atomic E-state index is 12.4. The van der Waals surface area contributed by atoms with Gasteiger partial charge in [0.15, 0.2) is 0 Å². The number of hydrogen-bond acceptors (Lipinski definition) is 2. The lowest BCUT2D eigenvalue weighted by Gasteiger charge is -2.57. The predicted octanol–water partition coefficient (Wildman–Crippen LogP) is 2.87. The number of carbonyl (C=O) groups is 1. The zero-order valence-electron chi connectivity index (χ0n) is 12.7. The molecule has 0 unspecified atom stereocenters. The second-order valence-corrected chi connectivity index (χ2v) is 7.60. The molecule has 0 aliphatic heterocycles. The summed E-state index contributed by atoms with van der Waals surface area (Å²) >= 11 is 0. The van der Waals surface area contributed by atoms with Crippen LogP contribution in [0.25, 0.3) is 0 Å². The maximum absolute atomic E-state index is 12.4. The van der Waals surface area contributed by atoms with Crippen LogP contribution < -0.4 is 11.1 Å². The minimum atomic E-state index is -0.335. The molecule has 4 aliphatic rings. The number of nitrogens with one attached hydrogen (secondary N) is 1. The molecule has 0 heterocycles. The molecule has 0 saturated heterocycles. The normalized spacial score (nSPS) is 40.9. The number of amides is 1. The molecule has 116 valence electrons. The summed E-state index contributed by atoms with van der Waals surface area (Å²) in [4.78, 5) is 12.4. The first kappa shape index (κ1) is 16.1. The van der Waals surface area contributed by atoms with E-state index in [9.17, 15) is 4.79 Å². The van der Waals surface area contributed by atoms with Gasteiger partial charge < -0.3 is 11.1 Å². The molecule has 1 amide bonds. The Labute approximate surface area is 128 Å². The number of nitrogens with two attached hydrogens (primary N) is 1. The Hall–Kier alpha value is -0.280. The highest BCUT2D eigenvalue weighted by molar-refractivity contribution is 5.85. The van der Waals surface area contributed by atoms with Crippen molar-refractivity contribution in [2.24, 2.45) is 29.4 Å². The van der Waals surface area contributed by atoms with Gasteiger partial charge in [-0.3, -0.25) is 4.79 Å². The lowest BCUT2D eigenvalue weighted by Crippen LogP contribution is -2.62. The third-order valence-electron chi connectivity index (χ3n) is 5.99. The highest BCUT2D eigenvalue weighted by Crippen LogP contribution is 2.55. The number of rotatable bonds is 4. The first-order valence-corrected chi connectivity index (χ1v) is 8.09. The van der Waals surface area contributed by atoms with Crippen molar-refractivity contribution < 1.29 is 4.79 Å². The molecule has 4 heteroatoms. The van der Waals surface area contributed by atoms with E-state index in [0.29, 0.717) is 0 Å². The highest BCUT2D eigenvalue weighted by atomic mass is 35.5. The zero-order valence-corrected chi connectivity index (χ0v) is 13.5. The van der Waals surface area contributed by atoms with Gasteiger partial charge in [0.2, 0.25) is 5.91 Å². The van der Waals surface area contributed by atoms with Crippen LogP contribution in [0.1, 0.15) is 58.8 Å². The van der Waals surface area contributed by atoms with Crippen LogP contribution in [0.15, 0.2) is 0 Å². The Morgan fingerprint density at radius 2 is 1.65 bits per heavy atom. The summed E-state index contributed by atoms with van der Waals surface area (Å²) in [5, 5.41) is 3.38. The highest BCUT2D eigenvalue weighted by Gasteiger charge is 2.51. The van der Waals surface area contributed by atoms with Crippen molar-refractivity contribution in [3.05, 3.63) is 0 Å². The molecule has 4 fully saturated rings. The summed E-state index contributed by atoms with van der Waals surface area (Å²) in [5.74, 6) is 2.97. The molecule has 0 spiro atoms. The van der Waals surface area contributed by atoms with Gasteiger partial charge in [0.25, 0.3) is 0 Å². The van der Waals surface area contributed by atoms with Crippen molar-refractivity contribution in [1.29, 1.82) is 0 Å². The summed E-state index contributed by atoms with van der Waals surface area (Å²) in [6.45, 7) is 4.17. The molecule has 4 saturated carbocycles. The van der Waals surface area contributed by atoms with E-state index in [2.05, 4.69) is 19.2 Å². The van der Waals surface area contributed by atoms with Crippen LogP contribution >= 0.6 is 12.4 Å². The Morgan fingerprint density at radius 3 is 2.05 bits per heavy atom. The Morgan fingerprint density at radius 1 is 1.20 bits per heavy atom. The van der Waals surface area contributed by atoms with Crippen LogP contribution in [0.3, 0.4) is 0 Å². The summed E-state index contributed by atoms with van der Waals surface area (Å²) < 4.78 is 0. The second-order valence-electron chi connectivity index (χ2n) is 7.60. The van der Waals surface area contributed by atoms with Crippen LogP contribution in [0.2, 0.25) is 0 Å². The van der Waals surface area contributed by atoms with E-state index in [1.807, 2.05) is 0 Å². The van der Waals surface area contributed by atoms with E-state index >= 15 is 0 Å². The number of halogens is 1. The van der Waals surface area contributed by atoms with Gasteiger partial charge in [0.1, 0.15) is 0 Å². The van der Waals surface area contributed by atoms with Crippen molar-refractivity contribution in [1.82, 2.24) is 5.32 Å². The van der Waals surface area contributed by atoms with Crippen molar-refractivity contribution in [3.63, 3.8) is 0 Å². The lowest BCUT2D eigenvalue weighted by molar-refractivity contribution is -0.129. The maximum Gasteiger partial charge on any atom is 0.237 e. The quantitative estimate of drug-likeness (QED) is 0.839. The molecule has 4 rings (SSSR count). The third kappa shape index (κ3) is 2.85. The third-order valence-corrected chi connectivity index (χ3v) is 5.99. The van der Waals surface area contributed by atoms with E-state index in [-0.39, 0.29) is 35.8 Å². The van der Waals surface area contributed by atoms with Gasteiger partial charge in [0, 0.05) is 5.54 Å². The predicted molar refractivity (Wildman–Crippen MR) is 83.7 cm³/mol. The van der Waals surface area contributed by atoms with Crippen LogP contribution in [-0.4, -0.2) is 17.5 Å². The van der Waals surface area contributed by atoms with Gasteiger partial charge in [-0.25, -0.2) is 0 Å². The standard InChI is InChI=1S/C16H28N2O.ClH/c1-3-10(2)14(17)15(19)18-16-7-11-4-12(8-16)6-13(5-11)9-16;/h10-14H,3-9,17H2,1-2H3,(H,18,19);1H/t10-,11?,12?,13?,14-,16?;/m0./s1. The average Bonchev–Trinajstić information content (AvgIpc) is 2.34. The summed E-state index contributed by atoms with van der Waals surface area (Å²) in [6.07, 6.45) is 8.81. The van der Waals surface area contributed by atoms with Crippen LogP contribution in [-0.2, 0) is 4.79 Å². The Balaban J connectivity index is 0.00000147. The Kier molecular flexibility index (Phi) is 4.70. The second kappa shape index (κ2) is 5.84. The molecule has 0 aromatic heterocycles. The number of carbonyl (C=O) groups excluding carboxylic acids is 1. The fourth-order valence-corrected chi connectivity index (χ4v) is 5.12. The van der Waals surface area contributed by atoms with Crippen molar-refractivity contribution in [2.45, 2.75) is 70.4 Å². The SMILES string of the molecule is CC[C@H](C)[C@H](N)C(=O)NC12CC3CC(CC(C3)C1)C2.Cl. The Bertz CT molecular complexity index is 336. The minimum absolute atomic E-state index is 0. The molecule has 4 aliphatic carbocycles. The molecule has 3 N–H and O–H groups in total. The lowest BCUT2D eigenvalue weighted by atomic mass is 9.53. The fraction of sp³-hybridized carbons (Fsp3) is 0.938. The topological polar surface area (TPSA) is 55.1 Å². The smallest absolute Gasteiger partial charge is 0.237 e. The fourth-order valence-electron chi connectivity index (χ4n) is 5.12. The van der Waals surface area contributed by atoms with Crippen molar-refractivity contribution in [2.75, 3.05) is 0 Å². The van der Waals surface area contributed by atoms with Gasteiger partial charge in [0.05, 0.1) is 6.04 Å². The van der Waals surface area contributed by atoms with Gasteiger partial charge in [-0.2, -0.15) is 0 Å². The molecule has 0 aromatic rings. The zero-order chi connectivity index (χ0) is 13.6. The van der Waals surface area contributed by atoms with E-state index in [1.54, 1.807) is 0 Å². The molecule has 3 nitrogen and oxygen atoms in total. The van der Waals surface area contributed by atoms with E-state index < -0.39 is 0 Å². The largest absolute Gasteiger partial charge is 0.349 e. The van der Waals surface area contributed by atoms with Crippen LogP contribution in [0.4, 0.5) is 0 Å². The molecular formula is C16H29ClN2O. The molecule has 4 bridgehead atoms.